The lowest BCUT2D eigenvalue weighted by Gasteiger charge is -2.20. The molecule has 2 fully saturated rings. The van der Waals surface area contributed by atoms with Gasteiger partial charge < -0.3 is 15.4 Å². The van der Waals surface area contributed by atoms with Crippen LogP contribution in [0.25, 0.3) is 0 Å². The zero-order chi connectivity index (χ0) is 13.9. The van der Waals surface area contributed by atoms with Gasteiger partial charge in [0, 0.05) is 30.3 Å². The number of rotatable bonds is 3. The van der Waals surface area contributed by atoms with Crippen molar-refractivity contribution in [2.75, 3.05) is 25.1 Å². The van der Waals surface area contributed by atoms with E-state index in [-0.39, 0.29) is 17.9 Å². The van der Waals surface area contributed by atoms with Gasteiger partial charge in [0.25, 0.3) is 0 Å². The molecule has 0 aliphatic carbocycles. The van der Waals surface area contributed by atoms with Crippen LogP contribution < -0.4 is 10.6 Å². The third-order valence-corrected chi connectivity index (χ3v) is 5.31. The molecule has 5 nitrogen and oxygen atoms in total. The molecule has 0 aromatic carbocycles. The van der Waals surface area contributed by atoms with Crippen LogP contribution in [0.4, 0.5) is 5.13 Å². The second kappa shape index (κ2) is 6.20. The summed E-state index contributed by atoms with van der Waals surface area (Å²) < 4.78 is 5.38. The van der Waals surface area contributed by atoms with Crippen molar-refractivity contribution in [3.8, 4) is 0 Å². The Hall–Kier alpha value is -0.980. The molecule has 0 radical (unpaired) electrons. The van der Waals surface area contributed by atoms with Gasteiger partial charge in [-0.3, -0.25) is 4.79 Å². The van der Waals surface area contributed by atoms with Gasteiger partial charge in [0.05, 0.1) is 5.92 Å². The Morgan fingerprint density at radius 3 is 2.95 bits per heavy atom. The number of anilines is 1. The van der Waals surface area contributed by atoms with Crippen LogP contribution in [-0.4, -0.2) is 36.7 Å². The van der Waals surface area contributed by atoms with E-state index in [1.54, 1.807) is 11.3 Å². The molecule has 2 N–H and O–H groups in total. The fourth-order valence-electron chi connectivity index (χ4n) is 2.93. The summed E-state index contributed by atoms with van der Waals surface area (Å²) in [6.07, 6.45) is 4.93. The van der Waals surface area contributed by atoms with Crippen LogP contribution in [-0.2, 0) is 9.53 Å². The zero-order valence-corrected chi connectivity index (χ0v) is 12.5. The van der Waals surface area contributed by atoms with Crippen molar-refractivity contribution >= 4 is 22.4 Å². The number of hydrogen-bond acceptors (Lipinski definition) is 5. The number of hydrogen-bond donors (Lipinski definition) is 2. The molecule has 1 amide bonds. The number of carbonyl (C=O) groups excluding carboxylic acids is 1. The van der Waals surface area contributed by atoms with Crippen molar-refractivity contribution < 1.29 is 9.53 Å². The fourth-order valence-corrected chi connectivity index (χ4v) is 3.92. The summed E-state index contributed by atoms with van der Waals surface area (Å²) in [6.45, 7) is 4.64. The molecule has 2 aliphatic rings. The highest BCUT2D eigenvalue weighted by Gasteiger charge is 2.30. The minimum atomic E-state index is 0.0606. The molecule has 6 heteroatoms. The second-order valence-corrected chi connectivity index (χ2v) is 6.64. The first-order chi connectivity index (χ1) is 9.74. The number of amides is 1. The lowest BCUT2D eigenvalue weighted by molar-refractivity contribution is -0.119. The summed E-state index contributed by atoms with van der Waals surface area (Å²) >= 11 is 1.61. The topological polar surface area (TPSA) is 63.2 Å². The van der Waals surface area contributed by atoms with Gasteiger partial charge in [-0.05, 0) is 38.6 Å². The third-order valence-electron chi connectivity index (χ3n) is 4.24. The van der Waals surface area contributed by atoms with Gasteiger partial charge in [-0.25, -0.2) is 4.98 Å². The molecule has 3 heterocycles. The predicted molar refractivity (Wildman–Crippen MR) is 79.1 cm³/mol. The van der Waals surface area contributed by atoms with E-state index in [9.17, 15) is 4.79 Å². The van der Waals surface area contributed by atoms with Crippen LogP contribution in [0.2, 0.25) is 0 Å². The molecule has 2 atom stereocenters. The molecule has 3 rings (SSSR count). The van der Waals surface area contributed by atoms with E-state index in [4.69, 9.17) is 4.74 Å². The van der Waals surface area contributed by atoms with Crippen molar-refractivity contribution in [2.45, 2.75) is 38.1 Å². The quantitative estimate of drug-likeness (QED) is 0.895. The molecular formula is C14H21N3O2S. The van der Waals surface area contributed by atoms with Crippen molar-refractivity contribution in [2.24, 2.45) is 5.92 Å². The van der Waals surface area contributed by atoms with E-state index < -0.39 is 0 Å². The summed E-state index contributed by atoms with van der Waals surface area (Å²) in [6, 6.07) is 0.255. The average Bonchev–Trinajstić information content (AvgIpc) is 3.09. The van der Waals surface area contributed by atoms with Gasteiger partial charge in [-0.15, -0.1) is 11.3 Å². The Kier molecular flexibility index (Phi) is 4.33. The Bertz CT molecular complexity index is 471. The minimum Gasteiger partial charge on any atom is -0.381 e. The molecule has 110 valence electrons. The molecule has 0 spiro atoms. The third kappa shape index (κ3) is 3.02. The summed E-state index contributed by atoms with van der Waals surface area (Å²) in [5.41, 5.74) is 0. The molecule has 2 aliphatic heterocycles. The van der Waals surface area contributed by atoms with Crippen LogP contribution in [0.3, 0.4) is 0 Å². The minimum absolute atomic E-state index is 0.0606. The monoisotopic (exact) mass is 295 g/mol. The molecule has 1 aromatic rings. The molecule has 20 heavy (non-hydrogen) atoms. The number of ether oxygens (including phenoxy) is 1. The van der Waals surface area contributed by atoms with Crippen molar-refractivity contribution in [3.05, 3.63) is 11.1 Å². The molecule has 0 bridgehead atoms. The lowest BCUT2D eigenvalue weighted by Crippen LogP contribution is -2.31. The maximum absolute atomic E-state index is 12.2. The number of nitrogens with zero attached hydrogens (tertiary/aromatic N) is 1. The number of nitrogens with one attached hydrogen (secondary N) is 2. The van der Waals surface area contributed by atoms with Gasteiger partial charge in [-0.2, -0.15) is 0 Å². The summed E-state index contributed by atoms with van der Waals surface area (Å²) in [4.78, 5) is 17.8. The van der Waals surface area contributed by atoms with E-state index in [2.05, 4.69) is 22.5 Å². The molecular weight excluding hydrogens is 274 g/mol. The highest BCUT2D eigenvalue weighted by atomic mass is 32.1. The molecule has 2 saturated heterocycles. The van der Waals surface area contributed by atoms with E-state index in [1.807, 2.05) is 6.20 Å². The normalized spacial score (nSPS) is 27.6. The molecule has 2 unspecified atom stereocenters. The lowest BCUT2D eigenvalue weighted by atomic mass is 9.99. The van der Waals surface area contributed by atoms with E-state index in [0.29, 0.717) is 5.92 Å². The van der Waals surface area contributed by atoms with Gasteiger partial charge >= 0.3 is 0 Å². The Labute approximate surface area is 123 Å². The highest BCUT2D eigenvalue weighted by Crippen LogP contribution is 2.33. The van der Waals surface area contributed by atoms with Crippen LogP contribution in [0.5, 0.6) is 0 Å². The SMILES string of the molecule is CC1NCCC1C(=O)Nc1ncc(C2CCOCC2)s1. The first-order valence-electron chi connectivity index (χ1n) is 7.32. The average molecular weight is 295 g/mol. The van der Waals surface area contributed by atoms with Crippen LogP contribution in [0, 0.1) is 5.92 Å². The van der Waals surface area contributed by atoms with Crippen molar-refractivity contribution in [1.82, 2.24) is 10.3 Å². The number of carbonyl (C=O) groups is 1. The van der Waals surface area contributed by atoms with E-state index >= 15 is 0 Å². The summed E-state index contributed by atoms with van der Waals surface area (Å²) in [5, 5.41) is 7.00. The molecule has 1 aromatic heterocycles. The van der Waals surface area contributed by atoms with Gasteiger partial charge in [0.1, 0.15) is 0 Å². The Balaban J connectivity index is 1.60. The zero-order valence-electron chi connectivity index (χ0n) is 11.7. The van der Waals surface area contributed by atoms with Crippen LogP contribution in [0.15, 0.2) is 6.20 Å². The summed E-state index contributed by atoms with van der Waals surface area (Å²) in [5.74, 6) is 0.694. The maximum Gasteiger partial charge on any atom is 0.230 e. The smallest absolute Gasteiger partial charge is 0.230 e. The van der Waals surface area contributed by atoms with Gasteiger partial charge in [-0.1, -0.05) is 0 Å². The Morgan fingerprint density at radius 1 is 1.45 bits per heavy atom. The Morgan fingerprint density at radius 2 is 2.25 bits per heavy atom. The van der Waals surface area contributed by atoms with Crippen molar-refractivity contribution in [1.29, 1.82) is 0 Å². The maximum atomic E-state index is 12.2. The second-order valence-electron chi connectivity index (χ2n) is 5.58. The van der Waals surface area contributed by atoms with Gasteiger partial charge in [0.15, 0.2) is 5.13 Å². The van der Waals surface area contributed by atoms with Gasteiger partial charge in [0.2, 0.25) is 5.91 Å². The van der Waals surface area contributed by atoms with E-state index in [1.165, 1.54) is 4.88 Å². The van der Waals surface area contributed by atoms with Crippen LogP contribution >= 0.6 is 11.3 Å². The van der Waals surface area contributed by atoms with Crippen LogP contribution in [0.1, 0.15) is 37.0 Å². The summed E-state index contributed by atoms with van der Waals surface area (Å²) in [7, 11) is 0. The first kappa shape index (κ1) is 14.0. The number of aromatic nitrogens is 1. The number of thiazole rings is 1. The predicted octanol–water partition coefficient (Wildman–Crippen LogP) is 1.97. The van der Waals surface area contributed by atoms with E-state index in [0.717, 1.165) is 44.2 Å². The fraction of sp³-hybridized carbons (Fsp3) is 0.714. The van der Waals surface area contributed by atoms with Crippen molar-refractivity contribution in [3.63, 3.8) is 0 Å². The standard InChI is InChI=1S/C14H21N3O2S/c1-9-11(2-5-15-9)13(18)17-14-16-8-12(20-14)10-3-6-19-7-4-10/h8-11,15H,2-7H2,1H3,(H,16,17,18). The first-order valence-corrected chi connectivity index (χ1v) is 8.13. The largest absolute Gasteiger partial charge is 0.381 e. The highest BCUT2D eigenvalue weighted by molar-refractivity contribution is 7.15. The molecule has 0 saturated carbocycles.